The molecule has 3 nitrogen and oxygen atoms in total. The van der Waals surface area contributed by atoms with Crippen LogP contribution in [0.2, 0.25) is 0 Å². The van der Waals surface area contributed by atoms with Crippen LogP contribution in [0.4, 0.5) is 0 Å². The van der Waals surface area contributed by atoms with E-state index < -0.39 is 0 Å². The van der Waals surface area contributed by atoms with Crippen LogP contribution in [0, 0.1) is 10.8 Å². The molecule has 1 aromatic carbocycles. The predicted octanol–water partition coefficient (Wildman–Crippen LogP) is 11.9. The molecular weight excluding hydrogens is 623 g/mol. The number of hydrogen-bond donors (Lipinski definition) is 1. The summed E-state index contributed by atoms with van der Waals surface area (Å²) in [5, 5.41) is 5.37. The highest BCUT2D eigenvalue weighted by molar-refractivity contribution is 8.06. The zero-order valence-corrected chi connectivity index (χ0v) is 32.3. The van der Waals surface area contributed by atoms with Gasteiger partial charge in [-0.25, -0.2) is 0 Å². The van der Waals surface area contributed by atoms with Gasteiger partial charge in [0.25, 0.3) is 0 Å². The Labute approximate surface area is 290 Å². The topological polar surface area (TPSA) is 40.4 Å². The number of carbonyl (C=O) groups is 1. The van der Waals surface area contributed by atoms with Crippen LogP contribution in [0.1, 0.15) is 94.2 Å². The lowest BCUT2D eigenvalue weighted by atomic mass is 9.83. The molecule has 0 atom stereocenters. The summed E-state index contributed by atoms with van der Waals surface area (Å²) in [6.45, 7) is 27.4. The third kappa shape index (κ3) is 10.3. The molecule has 1 aromatic heterocycles. The van der Waals surface area contributed by atoms with Crippen molar-refractivity contribution in [1.82, 2.24) is 5.32 Å². The maximum atomic E-state index is 14.0. The Balaban J connectivity index is 1.80. The Morgan fingerprint density at radius 2 is 1.28 bits per heavy atom. The van der Waals surface area contributed by atoms with E-state index in [-0.39, 0.29) is 26.1 Å². The van der Waals surface area contributed by atoms with Gasteiger partial charge in [0.15, 0.2) is 5.78 Å². The van der Waals surface area contributed by atoms with E-state index >= 15 is 0 Å². The number of rotatable bonds is 8. The van der Waals surface area contributed by atoms with Gasteiger partial charge in [0.2, 0.25) is 0 Å². The molecule has 0 saturated heterocycles. The molecule has 46 heavy (non-hydrogen) atoms. The molecular formula is C40H52NO2S3+. The molecule has 0 bridgehead atoms. The summed E-state index contributed by atoms with van der Waals surface area (Å²) in [5.74, 6) is 0.0696. The molecule has 0 radical (unpaired) electrons. The highest BCUT2D eigenvalue weighted by Crippen LogP contribution is 2.49. The predicted molar refractivity (Wildman–Crippen MR) is 203 cm³/mol. The quantitative estimate of drug-likeness (QED) is 0.171. The Kier molecular flexibility index (Phi) is 11.1. The fourth-order valence-electron chi connectivity index (χ4n) is 4.83. The molecule has 4 rings (SSSR count). The SMILES string of the molecule is CC(C)(C)Sc1cc(/C=C2/C(=O)C(C=C3C=C(C(C)(C)C)SC(C(C)(C)C)=C3)=C2NCCc2ccccc2)cc(SC(C)(C)C)[o+]1. The van der Waals surface area contributed by atoms with Crippen LogP contribution in [-0.4, -0.2) is 21.8 Å². The number of benzene rings is 1. The maximum absolute atomic E-state index is 14.0. The third-order valence-electron chi connectivity index (χ3n) is 7.09. The van der Waals surface area contributed by atoms with Crippen LogP contribution in [0.3, 0.4) is 0 Å². The lowest BCUT2D eigenvalue weighted by Crippen LogP contribution is -2.32. The Bertz CT molecular complexity index is 1550. The van der Waals surface area contributed by atoms with Gasteiger partial charge < -0.3 is 5.32 Å². The summed E-state index contributed by atoms with van der Waals surface area (Å²) >= 11 is 5.27. The van der Waals surface area contributed by atoms with E-state index in [2.05, 4.69) is 143 Å². The highest BCUT2D eigenvalue weighted by atomic mass is 32.2. The van der Waals surface area contributed by atoms with Crippen molar-refractivity contribution in [1.29, 1.82) is 0 Å². The van der Waals surface area contributed by atoms with Gasteiger partial charge in [0.05, 0.1) is 17.8 Å². The molecule has 1 N–H and O–H groups in total. The van der Waals surface area contributed by atoms with E-state index in [1.807, 2.05) is 23.9 Å². The van der Waals surface area contributed by atoms with Gasteiger partial charge in [-0.3, -0.25) is 4.79 Å². The Morgan fingerprint density at radius 3 is 1.76 bits per heavy atom. The number of allylic oxidation sites excluding steroid dienone is 8. The maximum Gasteiger partial charge on any atom is 0.389 e. The number of ketones is 1. The zero-order valence-electron chi connectivity index (χ0n) is 29.8. The third-order valence-corrected chi connectivity index (χ3v) is 11.0. The van der Waals surface area contributed by atoms with E-state index in [1.54, 1.807) is 23.5 Å². The van der Waals surface area contributed by atoms with E-state index in [9.17, 15) is 4.79 Å². The van der Waals surface area contributed by atoms with Gasteiger partial charge in [0.1, 0.15) is 0 Å². The fourth-order valence-corrected chi connectivity index (χ4v) is 7.99. The monoisotopic (exact) mass is 674 g/mol. The van der Waals surface area contributed by atoms with Gasteiger partial charge in [-0.1, -0.05) is 125 Å². The molecule has 0 unspecified atom stereocenters. The van der Waals surface area contributed by atoms with E-state index in [1.165, 1.54) is 15.4 Å². The number of Topliss-reactive ketones (excluding diaryl/α,β-unsaturated/α-hetero) is 1. The first kappa shape index (κ1) is 36.4. The second-order valence-electron chi connectivity index (χ2n) is 16.1. The summed E-state index contributed by atoms with van der Waals surface area (Å²) in [4.78, 5) is 16.6. The normalized spacial score (nSPS) is 17.2. The summed E-state index contributed by atoms with van der Waals surface area (Å²) in [5.41, 5.74) is 5.71. The first-order chi connectivity index (χ1) is 21.2. The minimum atomic E-state index is -0.00817. The average Bonchev–Trinajstić information content (AvgIpc) is 2.91. The van der Waals surface area contributed by atoms with Gasteiger partial charge >= 0.3 is 10.2 Å². The molecule has 0 fully saturated rings. The fraction of sp³-hybridized carbons (Fsp3) is 0.450. The van der Waals surface area contributed by atoms with Crippen molar-refractivity contribution in [3.8, 4) is 0 Å². The van der Waals surface area contributed by atoms with Crippen molar-refractivity contribution in [3.63, 3.8) is 0 Å². The minimum Gasteiger partial charge on any atom is -0.384 e. The van der Waals surface area contributed by atoms with Crippen LogP contribution in [0.15, 0.2) is 108 Å². The number of hydrogen-bond acceptors (Lipinski definition) is 5. The van der Waals surface area contributed by atoms with Crippen LogP contribution in [-0.2, 0) is 11.2 Å². The van der Waals surface area contributed by atoms with Crippen LogP contribution in [0.5, 0.6) is 0 Å². The van der Waals surface area contributed by atoms with Crippen LogP contribution < -0.4 is 5.32 Å². The molecule has 246 valence electrons. The van der Waals surface area contributed by atoms with Gasteiger partial charge in [-0.2, -0.15) is 4.42 Å². The largest absolute Gasteiger partial charge is 0.389 e. The van der Waals surface area contributed by atoms with E-state index in [0.29, 0.717) is 0 Å². The first-order valence-electron chi connectivity index (χ1n) is 16.2. The van der Waals surface area contributed by atoms with Crippen molar-refractivity contribution >= 4 is 47.1 Å². The smallest absolute Gasteiger partial charge is 0.384 e. The summed E-state index contributed by atoms with van der Waals surface area (Å²) in [6, 6.07) is 14.6. The molecule has 0 saturated carbocycles. The molecule has 6 heteroatoms. The van der Waals surface area contributed by atoms with Crippen molar-refractivity contribution in [2.45, 2.75) is 109 Å². The number of thioether (sulfide) groups is 3. The molecule has 2 aliphatic rings. The molecule has 0 spiro atoms. The van der Waals surface area contributed by atoms with Gasteiger partial charge in [-0.15, -0.1) is 0 Å². The number of carbonyl (C=O) groups excluding carboxylic acids is 1. The Morgan fingerprint density at radius 1 is 0.761 bits per heavy atom. The zero-order chi connectivity index (χ0) is 34.1. The second-order valence-corrected chi connectivity index (χ2v) is 20.8. The Hall–Kier alpha value is -2.41. The molecule has 1 aliphatic carbocycles. The first-order valence-corrected chi connectivity index (χ1v) is 18.6. The van der Waals surface area contributed by atoms with Crippen LogP contribution in [0.25, 0.3) is 6.08 Å². The molecule has 0 amide bonds. The summed E-state index contributed by atoms with van der Waals surface area (Å²) in [7, 11) is 0. The summed E-state index contributed by atoms with van der Waals surface area (Å²) < 4.78 is 6.31. The minimum absolute atomic E-state index is 0.00817. The summed E-state index contributed by atoms with van der Waals surface area (Å²) in [6.07, 6.45) is 9.51. The standard InChI is InChI=1S/C40H51NO2S3/c1-37(2,3)31-22-27(23-32(44-31)38(4,5)6)20-29-35(41-19-18-26-16-14-13-15-17-26)30(36(29)42)21-28-24-33(45-39(7,8)9)43-34(25-28)46-40(10,11)12/h13-17,20-25H,18-19H2,1-12H3/p+1/b30-21+. The lowest BCUT2D eigenvalue weighted by molar-refractivity contribution is -0.112. The van der Waals surface area contributed by atoms with Crippen molar-refractivity contribution in [2.75, 3.05) is 6.54 Å². The van der Waals surface area contributed by atoms with Crippen molar-refractivity contribution in [3.05, 3.63) is 104 Å². The van der Waals surface area contributed by atoms with Crippen molar-refractivity contribution < 1.29 is 9.21 Å². The van der Waals surface area contributed by atoms with Crippen molar-refractivity contribution in [2.24, 2.45) is 10.8 Å². The highest BCUT2D eigenvalue weighted by Gasteiger charge is 2.34. The number of nitrogens with one attached hydrogen (secondary N) is 1. The molecule has 2 aromatic rings. The molecule has 1 aliphatic heterocycles. The second kappa shape index (κ2) is 14.0. The molecule has 2 heterocycles. The average molecular weight is 675 g/mol. The van der Waals surface area contributed by atoms with Gasteiger partial charge in [0, 0.05) is 27.2 Å². The van der Waals surface area contributed by atoms with E-state index in [0.717, 1.165) is 51.1 Å². The van der Waals surface area contributed by atoms with Crippen LogP contribution >= 0.6 is 35.3 Å². The van der Waals surface area contributed by atoms with E-state index in [4.69, 9.17) is 4.42 Å². The lowest BCUT2D eigenvalue weighted by Gasteiger charge is -2.32. The van der Waals surface area contributed by atoms with Gasteiger partial charge in [-0.05, 0) is 91.6 Å².